The van der Waals surface area contributed by atoms with Gasteiger partial charge in [-0.1, -0.05) is 30.3 Å². The molecule has 0 aromatic heterocycles. The zero-order valence-electron chi connectivity index (χ0n) is 9.22. The van der Waals surface area contributed by atoms with Crippen molar-refractivity contribution in [2.45, 2.75) is 12.6 Å². The van der Waals surface area contributed by atoms with Crippen molar-refractivity contribution in [3.8, 4) is 0 Å². The Kier molecular flexibility index (Phi) is 3.39. The summed E-state index contributed by atoms with van der Waals surface area (Å²) in [6.07, 6.45) is 0.458. The van der Waals surface area contributed by atoms with E-state index in [9.17, 15) is 9.59 Å². The van der Waals surface area contributed by atoms with E-state index in [4.69, 9.17) is 5.11 Å². The van der Waals surface area contributed by atoms with Crippen LogP contribution in [0.25, 0.3) is 0 Å². The molecule has 0 aliphatic carbocycles. The molecule has 3 N–H and O–H groups in total. The molecule has 1 aromatic carbocycles. The van der Waals surface area contributed by atoms with Gasteiger partial charge in [-0.25, -0.2) is 0 Å². The topological polar surface area (TPSA) is 78.4 Å². The number of carboxylic acids is 1. The Morgan fingerprint density at radius 2 is 2.06 bits per heavy atom. The number of aliphatic carboxylic acids is 1. The van der Waals surface area contributed by atoms with Crippen molar-refractivity contribution in [1.29, 1.82) is 0 Å². The van der Waals surface area contributed by atoms with Gasteiger partial charge in [0.25, 0.3) is 0 Å². The first-order chi connectivity index (χ1) is 8.16. The largest absolute Gasteiger partial charge is 0.481 e. The van der Waals surface area contributed by atoms with Gasteiger partial charge >= 0.3 is 5.97 Å². The van der Waals surface area contributed by atoms with Gasteiger partial charge in [0.2, 0.25) is 5.91 Å². The van der Waals surface area contributed by atoms with E-state index in [2.05, 4.69) is 10.6 Å². The fourth-order valence-corrected chi connectivity index (χ4v) is 1.85. The lowest BCUT2D eigenvalue weighted by Crippen LogP contribution is -2.58. The molecule has 1 aliphatic heterocycles. The highest BCUT2D eigenvalue weighted by molar-refractivity contribution is 5.97. The van der Waals surface area contributed by atoms with Crippen LogP contribution in [0.5, 0.6) is 0 Å². The first-order valence-electron chi connectivity index (χ1n) is 5.47. The second-order valence-electron chi connectivity index (χ2n) is 4.05. The fraction of sp³-hybridized carbons (Fsp3) is 0.333. The highest BCUT2D eigenvalue weighted by Gasteiger charge is 2.32. The molecule has 1 fully saturated rings. The molecule has 5 nitrogen and oxygen atoms in total. The number of benzene rings is 1. The van der Waals surface area contributed by atoms with Crippen molar-refractivity contribution >= 4 is 11.9 Å². The van der Waals surface area contributed by atoms with Crippen LogP contribution in [-0.4, -0.2) is 29.7 Å². The summed E-state index contributed by atoms with van der Waals surface area (Å²) in [6, 6.07) is 9.73. The Morgan fingerprint density at radius 3 is 2.65 bits per heavy atom. The summed E-state index contributed by atoms with van der Waals surface area (Å²) < 4.78 is 0. The monoisotopic (exact) mass is 234 g/mol. The maximum Gasteiger partial charge on any atom is 0.317 e. The molecule has 90 valence electrons. The van der Waals surface area contributed by atoms with Crippen molar-refractivity contribution in [3.05, 3.63) is 35.9 Å². The maximum atomic E-state index is 11.5. The zero-order chi connectivity index (χ0) is 12.3. The third-order valence-corrected chi connectivity index (χ3v) is 2.78. The van der Waals surface area contributed by atoms with Gasteiger partial charge in [-0.2, -0.15) is 0 Å². The van der Waals surface area contributed by atoms with Crippen LogP contribution in [0.2, 0.25) is 0 Å². The quantitative estimate of drug-likeness (QED) is 0.642. The van der Waals surface area contributed by atoms with Gasteiger partial charge in [0.05, 0.1) is 6.17 Å². The number of carbonyl (C=O) groups is 2. The summed E-state index contributed by atoms with van der Waals surface area (Å²) in [7, 11) is 0. The number of hydrogen-bond donors (Lipinski definition) is 3. The van der Waals surface area contributed by atoms with Gasteiger partial charge in [0.15, 0.2) is 0 Å². The van der Waals surface area contributed by atoms with Crippen LogP contribution in [0.4, 0.5) is 0 Å². The lowest BCUT2D eigenvalue weighted by Gasteiger charge is -2.28. The molecule has 1 saturated heterocycles. The minimum Gasteiger partial charge on any atom is -0.481 e. The van der Waals surface area contributed by atoms with Crippen LogP contribution in [0.3, 0.4) is 0 Å². The second kappa shape index (κ2) is 4.97. The van der Waals surface area contributed by atoms with E-state index in [0.29, 0.717) is 6.42 Å². The van der Waals surface area contributed by atoms with Crippen LogP contribution < -0.4 is 10.6 Å². The molecule has 1 aromatic rings. The Morgan fingerprint density at radius 1 is 1.35 bits per heavy atom. The van der Waals surface area contributed by atoms with Crippen LogP contribution >= 0.6 is 0 Å². The van der Waals surface area contributed by atoms with E-state index in [1.54, 1.807) is 0 Å². The van der Waals surface area contributed by atoms with E-state index in [0.717, 1.165) is 5.56 Å². The first-order valence-corrected chi connectivity index (χ1v) is 5.47. The van der Waals surface area contributed by atoms with Crippen LogP contribution in [-0.2, 0) is 16.0 Å². The fourth-order valence-electron chi connectivity index (χ4n) is 1.85. The summed E-state index contributed by atoms with van der Waals surface area (Å²) in [6.45, 7) is 0.179. The smallest absolute Gasteiger partial charge is 0.317 e. The molecule has 0 bridgehead atoms. The molecule has 5 heteroatoms. The van der Waals surface area contributed by atoms with Crippen molar-refractivity contribution in [2.24, 2.45) is 5.92 Å². The minimum absolute atomic E-state index is 0.179. The standard InChI is InChI=1S/C12H14N2O3/c15-11-9(12(16)17)7-13-10(14-11)6-8-4-2-1-3-5-8/h1-5,9-10,13H,6-7H2,(H,14,15)(H,16,17). The summed E-state index contributed by atoms with van der Waals surface area (Å²) in [4.78, 5) is 22.2. The Bertz CT molecular complexity index is 419. The van der Waals surface area contributed by atoms with Crippen molar-refractivity contribution in [1.82, 2.24) is 10.6 Å². The Balaban J connectivity index is 1.94. The molecule has 1 amide bonds. The highest BCUT2D eigenvalue weighted by atomic mass is 16.4. The van der Waals surface area contributed by atoms with Crippen molar-refractivity contribution < 1.29 is 14.7 Å². The van der Waals surface area contributed by atoms with E-state index in [-0.39, 0.29) is 12.7 Å². The predicted octanol–water partition coefficient (Wildman–Crippen LogP) is -0.0246. The number of hydrogen-bond acceptors (Lipinski definition) is 3. The van der Waals surface area contributed by atoms with E-state index in [1.807, 2.05) is 30.3 Å². The van der Waals surface area contributed by atoms with Crippen LogP contribution in [0.15, 0.2) is 30.3 Å². The molecule has 1 aliphatic rings. The highest BCUT2D eigenvalue weighted by Crippen LogP contribution is 2.07. The molecule has 0 radical (unpaired) electrons. The zero-order valence-corrected chi connectivity index (χ0v) is 9.22. The van der Waals surface area contributed by atoms with E-state index >= 15 is 0 Å². The van der Waals surface area contributed by atoms with Gasteiger partial charge in [0, 0.05) is 13.0 Å². The van der Waals surface area contributed by atoms with Gasteiger partial charge in [-0.3, -0.25) is 14.9 Å². The Labute approximate surface area is 98.8 Å². The minimum atomic E-state index is -1.09. The lowest BCUT2D eigenvalue weighted by molar-refractivity contribution is -0.148. The third kappa shape index (κ3) is 2.82. The molecular weight excluding hydrogens is 220 g/mol. The number of rotatable bonds is 3. The molecule has 0 spiro atoms. The predicted molar refractivity (Wildman–Crippen MR) is 61.2 cm³/mol. The SMILES string of the molecule is O=C(O)C1CNC(Cc2ccccc2)NC1=O. The summed E-state index contributed by atoms with van der Waals surface area (Å²) in [5.41, 5.74) is 1.10. The lowest BCUT2D eigenvalue weighted by atomic mass is 10.0. The number of amides is 1. The number of carbonyl (C=O) groups excluding carboxylic acids is 1. The normalized spacial score (nSPS) is 24.1. The van der Waals surface area contributed by atoms with E-state index < -0.39 is 17.8 Å². The van der Waals surface area contributed by atoms with E-state index in [1.165, 1.54) is 0 Å². The number of carboxylic acid groups (broad SMARTS) is 1. The molecular formula is C12H14N2O3. The molecule has 17 heavy (non-hydrogen) atoms. The van der Waals surface area contributed by atoms with Crippen LogP contribution in [0, 0.1) is 5.92 Å². The molecule has 2 rings (SSSR count). The van der Waals surface area contributed by atoms with Gasteiger partial charge in [0.1, 0.15) is 5.92 Å². The Hall–Kier alpha value is -1.88. The van der Waals surface area contributed by atoms with Crippen molar-refractivity contribution in [3.63, 3.8) is 0 Å². The molecule has 1 heterocycles. The maximum absolute atomic E-state index is 11.5. The summed E-state index contributed by atoms with van der Waals surface area (Å²) in [5, 5.41) is 14.5. The molecule has 2 unspecified atom stereocenters. The van der Waals surface area contributed by atoms with Crippen molar-refractivity contribution in [2.75, 3.05) is 6.54 Å². The molecule has 0 saturated carbocycles. The average molecular weight is 234 g/mol. The van der Waals surface area contributed by atoms with Gasteiger partial charge in [-0.05, 0) is 5.56 Å². The van der Waals surface area contributed by atoms with Gasteiger partial charge < -0.3 is 10.4 Å². The summed E-state index contributed by atoms with van der Waals surface area (Å²) in [5.74, 6) is -2.49. The third-order valence-electron chi connectivity index (χ3n) is 2.78. The van der Waals surface area contributed by atoms with Crippen LogP contribution in [0.1, 0.15) is 5.56 Å². The second-order valence-corrected chi connectivity index (χ2v) is 4.05. The summed E-state index contributed by atoms with van der Waals surface area (Å²) >= 11 is 0. The number of nitrogens with one attached hydrogen (secondary N) is 2. The average Bonchev–Trinajstić information content (AvgIpc) is 2.30. The molecule has 2 atom stereocenters. The van der Waals surface area contributed by atoms with Gasteiger partial charge in [-0.15, -0.1) is 0 Å². The first kappa shape index (κ1) is 11.6.